The highest BCUT2D eigenvalue weighted by Gasteiger charge is 2.37. The van der Waals surface area contributed by atoms with Crippen molar-refractivity contribution < 1.29 is 14.3 Å². The number of benzene rings is 1. The molecule has 1 aromatic carbocycles. The molecule has 1 aliphatic rings. The highest BCUT2D eigenvalue weighted by molar-refractivity contribution is 5.95. The monoisotopic (exact) mass is 285 g/mol. The summed E-state index contributed by atoms with van der Waals surface area (Å²) in [5.74, 6) is 0.568. The fraction of sp³-hybridized carbons (Fsp3) is 0.353. The molecule has 21 heavy (non-hydrogen) atoms. The van der Waals surface area contributed by atoms with Crippen LogP contribution in [0.25, 0.3) is 0 Å². The molecular weight excluding hydrogens is 266 g/mol. The molecule has 0 unspecified atom stereocenters. The molecule has 1 fully saturated rings. The van der Waals surface area contributed by atoms with Gasteiger partial charge < -0.3 is 14.4 Å². The average Bonchev–Trinajstić information content (AvgIpc) is 3.07. The van der Waals surface area contributed by atoms with Crippen molar-refractivity contribution >= 4 is 5.91 Å². The predicted octanol–water partition coefficient (Wildman–Crippen LogP) is 2.41. The maximum atomic E-state index is 12.6. The molecule has 110 valence electrons. The third-order valence-corrected chi connectivity index (χ3v) is 4.15. The number of aliphatic hydroxyl groups excluding tert-OH is 1. The van der Waals surface area contributed by atoms with Gasteiger partial charge in [0, 0.05) is 6.54 Å². The molecule has 0 aliphatic carbocycles. The Bertz CT molecular complexity index is 620. The van der Waals surface area contributed by atoms with Crippen LogP contribution in [0.15, 0.2) is 47.1 Å². The van der Waals surface area contributed by atoms with Crippen molar-refractivity contribution in [3.63, 3.8) is 0 Å². The van der Waals surface area contributed by atoms with Gasteiger partial charge in [0.2, 0.25) is 0 Å². The quantitative estimate of drug-likeness (QED) is 0.942. The fourth-order valence-electron chi connectivity index (χ4n) is 2.95. The molecule has 0 saturated carbocycles. The van der Waals surface area contributed by atoms with Crippen LogP contribution < -0.4 is 0 Å². The van der Waals surface area contributed by atoms with Crippen LogP contribution in [0.3, 0.4) is 0 Å². The van der Waals surface area contributed by atoms with Crippen molar-refractivity contribution in [1.82, 2.24) is 4.90 Å². The first-order valence-corrected chi connectivity index (χ1v) is 7.24. The van der Waals surface area contributed by atoms with Gasteiger partial charge in [-0.15, -0.1) is 0 Å². The number of nitrogens with zero attached hydrogens (tertiary/aromatic N) is 1. The summed E-state index contributed by atoms with van der Waals surface area (Å²) >= 11 is 0. The summed E-state index contributed by atoms with van der Waals surface area (Å²) in [6.45, 7) is 2.37. The van der Waals surface area contributed by atoms with E-state index in [0.717, 1.165) is 5.56 Å². The molecule has 4 heteroatoms. The number of carbonyl (C=O) groups excluding carboxylic acids is 1. The molecule has 3 rings (SSSR count). The summed E-state index contributed by atoms with van der Waals surface area (Å²) in [6.07, 6.45) is 2.35. The maximum Gasteiger partial charge on any atom is 0.257 e. The number of furan rings is 1. The largest absolute Gasteiger partial charge is 0.469 e. The SMILES string of the molecule is Cc1occc1C(=O)N1CC[C@@H](O)[C@H]1Cc1ccccc1. The van der Waals surface area contributed by atoms with Crippen molar-refractivity contribution in [3.8, 4) is 0 Å². The van der Waals surface area contributed by atoms with Crippen molar-refractivity contribution in [3.05, 3.63) is 59.5 Å². The lowest BCUT2D eigenvalue weighted by Gasteiger charge is -2.26. The smallest absolute Gasteiger partial charge is 0.257 e. The van der Waals surface area contributed by atoms with Crippen LogP contribution in [0, 0.1) is 6.92 Å². The van der Waals surface area contributed by atoms with Crippen molar-refractivity contribution in [2.24, 2.45) is 0 Å². The summed E-state index contributed by atoms with van der Waals surface area (Å²) in [5.41, 5.74) is 1.72. The molecular formula is C17H19NO3. The van der Waals surface area contributed by atoms with Gasteiger partial charge in [-0.05, 0) is 31.4 Å². The van der Waals surface area contributed by atoms with E-state index in [1.54, 1.807) is 17.9 Å². The van der Waals surface area contributed by atoms with Gasteiger partial charge in [0.05, 0.1) is 24.0 Å². The number of aliphatic hydroxyl groups is 1. The second-order valence-electron chi connectivity index (χ2n) is 5.50. The second kappa shape index (κ2) is 5.74. The molecule has 1 N–H and O–H groups in total. The number of carbonyl (C=O) groups is 1. The minimum absolute atomic E-state index is 0.0567. The van der Waals surface area contributed by atoms with Crippen LogP contribution in [0.1, 0.15) is 28.1 Å². The van der Waals surface area contributed by atoms with Crippen molar-refractivity contribution in [1.29, 1.82) is 0 Å². The number of likely N-dealkylation sites (tertiary alicyclic amines) is 1. The summed E-state index contributed by atoms with van der Waals surface area (Å²) < 4.78 is 5.22. The number of aryl methyl sites for hydroxylation is 1. The summed E-state index contributed by atoms with van der Waals surface area (Å²) in [4.78, 5) is 14.4. The molecule has 1 amide bonds. The van der Waals surface area contributed by atoms with E-state index in [0.29, 0.717) is 30.7 Å². The number of amides is 1. The van der Waals surface area contributed by atoms with Gasteiger partial charge in [-0.1, -0.05) is 30.3 Å². The van der Waals surface area contributed by atoms with E-state index < -0.39 is 6.10 Å². The summed E-state index contributed by atoms with van der Waals surface area (Å²) in [7, 11) is 0. The first kappa shape index (κ1) is 13.9. The Morgan fingerprint density at radius 1 is 1.33 bits per heavy atom. The number of rotatable bonds is 3. The van der Waals surface area contributed by atoms with Crippen LogP contribution in [0.5, 0.6) is 0 Å². The van der Waals surface area contributed by atoms with Gasteiger partial charge in [0.1, 0.15) is 5.76 Å². The highest BCUT2D eigenvalue weighted by Crippen LogP contribution is 2.25. The minimum atomic E-state index is -0.471. The molecule has 1 aromatic heterocycles. The summed E-state index contributed by atoms with van der Waals surface area (Å²) in [5, 5.41) is 10.2. The predicted molar refractivity (Wildman–Crippen MR) is 79.0 cm³/mol. The van der Waals surface area contributed by atoms with Gasteiger partial charge in [-0.2, -0.15) is 0 Å². The van der Waals surface area contributed by atoms with E-state index in [1.165, 1.54) is 6.26 Å². The van der Waals surface area contributed by atoms with Crippen LogP contribution in [-0.2, 0) is 6.42 Å². The van der Waals surface area contributed by atoms with E-state index in [-0.39, 0.29) is 11.9 Å². The average molecular weight is 285 g/mol. The van der Waals surface area contributed by atoms with Gasteiger partial charge in [0.25, 0.3) is 5.91 Å². The van der Waals surface area contributed by atoms with Crippen LogP contribution in [-0.4, -0.2) is 34.6 Å². The van der Waals surface area contributed by atoms with Crippen LogP contribution >= 0.6 is 0 Å². The van der Waals surface area contributed by atoms with Crippen LogP contribution in [0.2, 0.25) is 0 Å². The van der Waals surface area contributed by atoms with Gasteiger partial charge in [-0.25, -0.2) is 0 Å². The summed E-state index contributed by atoms with van der Waals surface area (Å²) in [6, 6.07) is 11.5. The third kappa shape index (κ3) is 2.72. The topological polar surface area (TPSA) is 53.7 Å². The molecule has 2 atom stereocenters. The highest BCUT2D eigenvalue weighted by atomic mass is 16.3. The molecule has 1 aliphatic heterocycles. The Morgan fingerprint density at radius 3 is 2.76 bits per heavy atom. The third-order valence-electron chi connectivity index (χ3n) is 4.15. The number of hydrogen-bond acceptors (Lipinski definition) is 3. The molecule has 2 heterocycles. The molecule has 0 bridgehead atoms. The van der Waals surface area contributed by atoms with Crippen molar-refractivity contribution in [2.45, 2.75) is 31.9 Å². The molecule has 1 saturated heterocycles. The molecule has 0 spiro atoms. The Labute approximate surface area is 124 Å². The lowest BCUT2D eigenvalue weighted by molar-refractivity contribution is 0.0638. The lowest BCUT2D eigenvalue weighted by atomic mass is 10.0. The Kier molecular flexibility index (Phi) is 3.80. The van der Waals surface area contributed by atoms with Gasteiger partial charge >= 0.3 is 0 Å². The Hall–Kier alpha value is -2.07. The standard InChI is InChI=1S/C17H19NO3/c1-12-14(8-10-21-12)17(20)18-9-7-16(19)15(18)11-13-5-3-2-4-6-13/h2-6,8,10,15-16,19H,7,9,11H2,1H3/t15-,16-/m1/s1. The molecule has 2 aromatic rings. The normalized spacial score (nSPS) is 21.7. The zero-order valence-electron chi connectivity index (χ0n) is 12.0. The first-order chi connectivity index (χ1) is 10.2. The zero-order chi connectivity index (χ0) is 14.8. The van der Waals surface area contributed by atoms with Gasteiger partial charge in [0.15, 0.2) is 0 Å². The Balaban J connectivity index is 1.81. The first-order valence-electron chi connectivity index (χ1n) is 7.24. The van der Waals surface area contributed by atoms with Crippen molar-refractivity contribution in [2.75, 3.05) is 6.54 Å². The number of hydrogen-bond donors (Lipinski definition) is 1. The Morgan fingerprint density at radius 2 is 2.10 bits per heavy atom. The maximum absolute atomic E-state index is 12.6. The van der Waals surface area contributed by atoms with E-state index in [9.17, 15) is 9.90 Å². The van der Waals surface area contributed by atoms with E-state index in [2.05, 4.69) is 0 Å². The zero-order valence-corrected chi connectivity index (χ0v) is 12.0. The molecule has 0 radical (unpaired) electrons. The van der Waals surface area contributed by atoms with E-state index >= 15 is 0 Å². The minimum Gasteiger partial charge on any atom is -0.469 e. The van der Waals surface area contributed by atoms with Crippen LogP contribution in [0.4, 0.5) is 0 Å². The van der Waals surface area contributed by atoms with E-state index in [4.69, 9.17) is 4.42 Å². The van der Waals surface area contributed by atoms with Gasteiger partial charge in [-0.3, -0.25) is 4.79 Å². The second-order valence-corrected chi connectivity index (χ2v) is 5.50. The van der Waals surface area contributed by atoms with E-state index in [1.807, 2.05) is 30.3 Å². The fourth-order valence-corrected chi connectivity index (χ4v) is 2.95. The lowest BCUT2D eigenvalue weighted by Crippen LogP contribution is -2.41. The molecule has 4 nitrogen and oxygen atoms in total.